The van der Waals surface area contributed by atoms with Gasteiger partial charge in [0, 0.05) is 154 Å². The molecule has 3 amide bonds. The van der Waals surface area contributed by atoms with Crippen molar-refractivity contribution in [1.29, 1.82) is 0 Å². The van der Waals surface area contributed by atoms with Crippen LogP contribution in [0.1, 0.15) is 126 Å². The molecule has 1 unspecified atom stereocenters. The van der Waals surface area contributed by atoms with Gasteiger partial charge in [-0.15, -0.1) is 13.1 Å². The first-order chi connectivity index (χ1) is 41.5. The van der Waals surface area contributed by atoms with E-state index in [1.807, 2.05) is 14.7 Å². The Morgan fingerprint density at radius 3 is 1.74 bits per heavy atom. The maximum atomic E-state index is 12.4. The monoisotopic (exact) mass is 1380 g/mol. The van der Waals surface area contributed by atoms with Crippen LogP contribution in [0.25, 0.3) is 0 Å². The van der Waals surface area contributed by atoms with Gasteiger partial charge in [0.25, 0.3) is 0 Å². The quantitative estimate of drug-likeness (QED) is 0.0203. The Morgan fingerprint density at radius 2 is 1.14 bits per heavy atom. The molecule has 5 rings (SSSR count). The molecule has 3 aliphatic rings. The second-order valence-corrected chi connectivity index (χ2v) is 22.7. The number of hydrogen-bond acceptors (Lipinski definition) is 19. The zero-order valence-electron chi connectivity index (χ0n) is 50.4. The summed E-state index contributed by atoms with van der Waals surface area (Å²) in [6.07, 6.45) is 13.5. The number of nitrogens with one attached hydrogen (secondary N) is 3. The van der Waals surface area contributed by atoms with Crippen LogP contribution in [0.15, 0.2) is 24.3 Å². The van der Waals surface area contributed by atoms with Crippen molar-refractivity contribution in [3.63, 3.8) is 0 Å². The minimum absolute atomic E-state index is 0. The van der Waals surface area contributed by atoms with E-state index < -0.39 is 54.4 Å². The smallest absolute Gasteiger partial charge is 0.326 e. The van der Waals surface area contributed by atoms with E-state index in [1.54, 1.807) is 0 Å². The van der Waals surface area contributed by atoms with E-state index in [0.717, 1.165) is 127 Å². The summed E-state index contributed by atoms with van der Waals surface area (Å²) >= 11 is 0. The fraction of sp³-hybridized carbons (Fsp3) is 0.695. The Labute approximate surface area is 541 Å². The summed E-state index contributed by atoms with van der Waals surface area (Å²) in [4.78, 5) is 117. The molecule has 0 aliphatic carbocycles. The number of rotatable bonds is 37. The maximum absolute atomic E-state index is 12.4. The summed E-state index contributed by atoms with van der Waals surface area (Å²) < 4.78 is 0. The maximum Gasteiger partial charge on any atom is 0.326 e. The molecule has 2 aromatic rings. The van der Waals surface area contributed by atoms with Crippen LogP contribution >= 0.6 is 0 Å². The van der Waals surface area contributed by atoms with E-state index in [9.17, 15) is 54.0 Å². The Balaban J connectivity index is 0.0000162. The van der Waals surface area contributed by atoms with E-state index in [1.165, 1.54) is 13.0 Å². The molecular formula is C59H95LuN13O14-2. The minimum atomic E-state index is -1.48. The number of piperidine rings is 1. The van der Waals surface area contributed by atoms with E-state index in [4.69, 9.17) is 25.3 Å². The van der Waals surface area contributed by atoms with E-state index >= 15 is 0 Å². The average Bonchev–Trinajstić information content (AvgIpc) is 3.22. The summed E-state index contributed by atoms with van der Waals surface area (Å²) in [7, 11) is 0. The largest absolute Gasteiger partial charge is 0.481 e. The van der Waals surface area contributed by atoms with Crippen LogP contribution in [-0.4, -0.2) is 255 Å². The van der Waals surface area contributed by atoms with Gasteiger partial charge >= 0.3 is 35.9 Å². The van der Waals surface area contributed by atoms with Crippen molar-refractivity contribution in [2.75, 3.05) is 134 Å². The van der Waals surface area contributed by atoms with Crippen LogP contribution in [0.5, 0.6) is 0 Å². The number of nitrogens with zero attached hydrogens (tertiary/aromatic N) is 10. The number of urea groups is 1. The first-order valence-corrected chi connectivity index (χ1v) is 30.8. The van der Waals surface area contributed by atoms with Crippen LogP contribution in [-0.2, 0) is 46.5 Å². The topological polar surface area (TPSA) is 348 Å². The molecule has 3 aliphatic heterocycles. The molecule has 4 heterocycles. The number of piperazine rings is 1. The third-order valence-corrected chi connectivity index (χ3v) is 16.1. The summed E-state index contributed by atoms with van der Waals surface area (Å²) in [5.74, 6) is -3.70. The van der Waals surface area contributed by atoms with Crippen LogP contribution in [0.2, 0.25) is 0 Å². The Bertz CT molecular complexity index is 2390. The van der Waals surface area contributed by atoms with Crippen molar-refractivity contribution in [1.82, 2.24) is 55.4 Å². The van der Waals surface area contributed by atoms with Crippen molar-refractivity contribution in [3.8, 4) is 0 Å². The van der Waals surface area contributed by atoms with E-state index in [2.05, 4.69) is 71.6 Å². The molecule has 1 aromatic heterocycles. The second-order valence-electron chi connectivity index (χ2n) is 22.7. The Kier molecular flexibility index (Phi) is 35.9. The molecule has 0 bridgehead atoms. The number of amides is 3. The van der Waals surface area contributed by atoms with Crippen molar-refractivity contribution < 1.29 is 106 Å². The Hall–Kier alpha value is -5.13. The molecule has 1 radical (unpaired) electrons. The average molecular weight is 1390 g/mol. The van der Waals surface area contributed by atoms with Gasteiger partial charge in [-0.3, -0.25) is 39.1 Å². The summed E-state index contributed by atoms with van der Waals surface area (Å²) in [5, 5.41) is 63.5. The molecule has 9 N–H and O–H groups in total. The molecule has 1 aromatic carbocycles. The van der Waals surface area contributed by atoms with Gasteiger partial charge in [-0.1, -0.05) is 62.8 Å². The first-order valence-electron chi connectivity index (χ1n) is 30.8. The number of aliphatic carboxylic acids is 5. The molecular weight excluding hydrogens is 1290 g/mol. The number of carboxylic acid groups (broad SMARTS) is 5. The van der Waals surface area contributed by atoms with Crippen LogP contribution in [0, 0.1) is 50.4 Å². The number of unbranched alkanes of at least 4 members (excludes halogenated alkanes) is 8. The number of hydrogen-bond donors (Lipinski definition) is 9. The van der Waals surface area contributed by atoms with Crippen molar-refractivity contribution in [2.45, 2.75) is 140 Å². The molecule has 0 saturated carbocycles. The molecule has 0 spiro atoms. The SMILES string of the molecule is [CH2-]CN1CCN(CC(=O)O)CCN(C[CH-]OO)CCN(CC(=O)O)C(Cc2ccc(Cc3nc(N4CCCCC4)nc(N4CCN(CCCCCCCCCCC(=O)NCCCC[C@H](NC(=O)N[C@@H](CCC(=O)O)C(=O)O)C(=O)O)CC4)n3)cc2)C1.[Lu]. The Morgan fingerprint density at radius 1 is 0.586 bits per heavy atom. The molecule has 3 fully saturated rings. The van der Waals surface area contributed by atoms with Gasteiger partial charge in [0.15, 0.2) is 0 Å². The third kappa shape index (κ3) is 29.8. The van der Waals surface area contributed by atoms with Gasteiger partial charge in [-0.05, 0) is 81.9 Å². The summed E-state index contributed by atoms with van der Waals surface area (Å²) in [5.41, 5.74) is 2.10. The fourth-order valence-corrected chi connectivity index (χ4v) is 11.1. The number of carbonyl (C=O) groups is 7. The number of aromatic nitrogens is 3. The van der Waals surface area contributed by atoms with Crippen LogP contribution in [0.4, 0.5) is 16.7 Å². The normalized spacial score (nSPS) is 17.9. The molecule has 3 saturated heterocycles. The van der Waals surface area contributed by atoms with Gasteiger partial charge < -0.3 is 72.9 Å². The van der Waals surface area contributed by atoms with Crippen molar-refractivity contribution in [3.05, 3.63) is 54.7 Å². The number of anilines is 2. The number of benzene rings is 1. The van der Waals surface area contributed by atoms with Gasteiger partial charge in [-0.2, -0.15) is 21.6 Å². The third-order valence-electron chi connectivity index (χ3n) is 16.1. The van der Waals surface area contributed by atoms with Crippen LogP contribution < -0.4 is 25.8 Å². The van der Waals surface area contributed by atoms with Gasteiger partial charge in [0.05, 0.1) is 13.1 Å². The predicted octanol–water partition coefficient (Wildman–Crippen LogP) is 3.23. The summed E-state index contributed by atoms with van der Waals surface area (Å²) in [6, 6.07) is 4.43. The fourth-order valence-electron chi connectivity index (χ4n) is 11.1. The van der Waals surface area contributed by atoms with Crippen molar-refractivity contribution >= 4 is 53.7 Å². The molecule has 497 valence electrons. The minimum Gasteiger partial charge on any atom is -0.481 e. The molecule has 27 nitrogen and oxygen atoms in total. The molecule has 28 heteroatoms. The van der Waals surface area contributed by atoms with Crippen molar-refractivity contribution in [2.24, 2.45) is 0 Å². The number of carbonyl (C=O) groups excluding carboxylic acids is 2. The van der Waals surface area contributed by atoms with E-state index in [-0.39, 0.29) is 81.3 Å². The predicted molar refractivity (Wildman–Crippen MR) is 321 cm³/mol. The van der Waals surface area contributed by atoms with Gasteiger partial charge in [-0.25, -0.2) is 14.4 Å². The molecule has 3 atom stereocenters. The molecule has 87 heavy (non-hydrogen) atoms. The van der Waals surface area contributed by atoms with E-state index in [0.29, 0.717) is 103 Å². The van der Waals surface area contributed by atoms with Gasteiger partial charge in [0.2, 0.25) is 17.8 Å². The second kappa shape index (κ2) is 42.0. The first kappa shape index (κ1) is 74.3. The standard InChI is InChI=1S/C59H95N13O14.Lu/c1-2-66-28-30-69(43-53(76)77)31-29-68(38-39-86-85)34-37-72(44-54(78)79)47(42-66)40-45-18-20-46(21-19-45)41-50-63-57(70-26-14-9-15-27-70)65-58(64-50)71-35-32-67(33-36-71)25-13-8-6-4-3-5-7-10-17-51(73)60-24-12-11-16-48(55(80)81)61-59(84)62-49(56(82)83)22-23-52(74)75;/h18-21,39,47-49,85H,1-17,22-38,40-44H2,(H,60,73)(H,74,75)(H,76,77)(H,78,79)(H,80,81)(H,82,83)(H2,61,62,84);/q-2;/t47?,48-,49-;/m0./s1. The zero-order chi connectivity index (χ0) is 62.1. The zero-order valence-corrected chi connectivity index (χ0v) is 52.0. The van der Waals surface area contributed by atoms with Crippen LogP contribution in [0.3, 0.4) is 0 Å². The van der Waals surface area contributed by atoms with Gasteiger partial charge in [0.1, 0.15) is 17.9 Å². The summed E-state index contributed by atoms with van der Waals surface area (Å²) in [6.45, 7) is 16.1. The number of carboxylic acids is 5.